The van der Waals surface area contributed by atoms with Gasteiger partial charge in [0.1, 0.15) is 0 Å². The number of rotatable bonds is 5. The third-order valence-electron chi connectivity index (χ3n) is 5.55. The molecule has 0 aliphatic carbocycles. The molecule has 0 aromatic carbocycles. The Hall–Kier alpha value is -0.810. The van der Waals surface area contributed by atoms with Gasteiger partial charge in [0, 0.05) is 45.4 Å². The number of guanidine groups is 1. The Bertz CT molecular complexity index is 402. The number of piperidine rings is 2. The van der Waals surface area contributed by atoms with Gasteiger partial charge in [-0.15, -0.1) is 0 Å². The molecule has 0 spiro atoms. The smallest absolute Gasteiger partial charge is 0.193 e. The van der Waals surface area contributed by atoms with Crippen LogP contribution in [0.5, 0.6) is 0 Å². The molecule has 0 amide bonds. The summed E-state index contributed by atoms with van der Waals surface area (Å²) in [6.07, 6.45) is 5.32. The van der Waals surface area contributed by atoms with E-state index < -0.39 is 0 Å². The van der Waals surface area contributed by atoms with Crippen LogP contribution in [0.3, 0.4) is 0 Å². The van der Waals surface area contributed by atoms with Gasteiger partial charge in [-0.3, -0.25) is 9.89 Å². The SMILES string of the molecule is CCOC1CCN(C(=NC)NCC(C)(C)N2CCCC(C)C2)CC1. The van der Waals surface area contributed by atoms with Gasteiger partial charge in [0.25, 0.3) is 0 Å². The maximum atomic E-state index is 5.75. The fourth-order valence-corrected chi connectivity index (χ4v) is 3.95. The van der Waals surface area contributed by atoms with E-state index >= 15 is 0 Å². The lowest BCUT2D eigenvalue weighted by molar-refractivity contribution is 0.0259. The van der Waals surface area contributed by atoms with E-state index in [2.05, 4.69) is 47.8 Å². The van der Waals surface area contributed by atoms with Crippen molar-refractivity contribution in [2.75, 3.05) is 46.4 Å². The van der Waals surface area contributed by atoms with Crippen LogP contribution in [0.2, 0.25) is 0 Å². The molecule has 2 rings (SSSR count). The van der Waals surface area contributed by atoms with Gasteiger partial charge in [-0.25, -0.2) is 0 Å². The molecule has 1 N–H and O–H groups in total. The van der Waals surface area contributed by atoms with E-state index in [4.69, 9.17) is 4.74 Å². The molecule has 2 heterocycles. The molecular formula is C19H38N4O. The van der Waals surface area contributed by atoms with E-state index in [-0.39, 0.29) is 5.54 Å². The standard InChI is InChI=1S/C19H38N4O/c1-6-24-17-9-12-22(13-10-17)18(20-5)21-15-19(3,4)23-11-7-8-16(2)14-23/h16-17H,6-15H2,1-5H3,(H,20,21). The average molecular weight is 339 g/mol. The fraction of sp³-hybridized carbons (Fsp3) is 0.947. The zero-order chi connectivity index (χ0) is 17.6. The normalized spacial score (nSPS) is 25.1. The van der Waals surface area contributed by atoms with Crippen LogP contribution in [0, 0.1) is 5.92 Å². The first-order valence-corrected chi connectivity index (χ1v) is 9.78. The summed E-state index contributed by atoms with van der Waals surface area (Å²) in [6.45, 7) is 15.4. The zero-order valence-electron chi connectivity index (χ0n) is 16.5. The van der Waals surface area contributed by atoms with E-state index in [1.54, 1.807) is 0 Å². The topological polar surface area (TPSA) is 40.1 Å². The summed E-state index contributed by atoms with van der Waals surface area (Å²) in [7, 11) is 1.90. The van der Waals surface area contributed by atoms with Crippen LogP contribution in [0.15, 0.2) is 4.99 Å². The molecule has 1 unspecified atom stereocenters. The molecule has 2 fully saturated rings. The number of nitrogens with one attached hydrogen (secondary N) is 1. The summed E-state index contributed by atoms with van der Waals surface area (Å²) in [6, 6.07) is 0. The van der Waals surface area contributed by atoms with Gasteiger partial charge >= 0.3 is 0 Å². The van der Waals surface area contributed by atoms with Crippen LogP contribution in [0.25, 0.3) is 0 Å². The molecule has 24 heavy (non-hydrogen) atoms. The summed E-state index contributed by atoms with van der Waals surface area (Å²) in [5.41, 5.74) is 0.161. The van der Waals surface area contributed by atoms with Gasteiger partial charge in [0.05, 0.1) is 6.10 Å². The van der Waals surface area contributed by atoms with Crippen LogP contribution >= 0.6 is 0 Å². The highest BCUT2D eigenvalue weighted by molar-refractivity contribution is 5.80. The van der Waals surface area contributed by atoms with Crippen molar-refractivity contribution >= 4 is 5.96 Å². The molecule has 0 aromatic heterocycles. The van der Waals surface area contributed by atoms with Crippen molar-refractivity contribution < 1.29 is 4.74 Å². The summed E-state index contributed by atoms with van der Waals surface area (Å²) < 4.78 is 5.75. The monoisotopic (exact) mass is 338 g/mol. The minimum absolute atomic E-state index is 0.161. The molecule has 0 aromatic rings. The summed E-state index contributed by atoms with van der Waals surface area (Å²) in [5, 5.41) is 3.63. The Balaban J connectivity index is 1.82. The van der Waals surface area contributed by atoms with Gasteiger partial charge in [-0.1, -0.05) is 6.92 Å². The molecule has 2 saturated heterocycles. The van der Waals surface area contributed by atoms with Crippen molar-refractivity contribution in [2.24, 2.45) is 10.9 Å². The minimum Gasteiger partial charge on any atom is -0.378 e. The van der Waals surface area contributed by atoms with Crippen molar-refractivity contribution in [3.05, 3.63) is 0 Å². The Morgan fingerprint density at radius 2 is 1.92 bits per heavy atom. The first-order valence-electron chi connectivity index (χ1n) is 9.78. The highest BCUT2D eigenvalue weighted by Crippen LogP contribution is 2.23. The fourth-order valence-electron chi connectivity index (χ4n) is 3.95. The lowest BCUT2D eigenvalue weighted by Crippen LogP contribution is -2.57. The highest BCUT2D eigenvalue weighted by atomic mass is 16.5. The molecule has 2 aliphatic heterocycles. The molecule has 0 saturated carbocycles. The van der Waals surface area contributed by atoms with Crippen molar-refractivity contribution in [1.82, 2.24) is 15.1 Å². The van der Waals surface area contributed by atoms with E-state index in [1.165, 1.54) is 25.9 Å². The van der Waals surface area contributed by atoms with Gasteiger partial charge in [-0.2, -0.15) is 0 Å². The van der Waals surface area contributed by atoms with Crippen molar-refractivity contribution in [3.8, 4) is 0 Å². The second-order valence-corrected chi connectivity index (χ2v) is 8.05. The molecule has 5 nitrogen and oxygen atoms in total. The number of hydrogen-bond acceptors (Lipinski definition) is 3. The number of nitrogens with zero attached hydrogens (tertiary/aromatic N) is 3. The molecular weight excluding hydrogens is 300 g/mol. The van der Waals surface area contributed by atoms with Crippen molar-refractivity contribution in [2.45, 2.75) is 65.0 Å². The van der Waals surface area contributed by atoms with Crippen molar-refractivity contribution in [3.63, 3.8) is 0 Å². The van der Waals surface area contributed by atoms with Gasteiger partial charge in [0.2, 0.25) is 0 Å². The van der Waals surface area contributed by atoms with Crippen LogP contribution in [0.4, 0.5) is 0 Å². The second-order valence-electron chi connectivity index (χ2n) is 8.05. The highest BCUT2D eigenvalue weighted by Gasteiger charge is 2.31. The summed E-state index contributed by atoms with van der Waals surface area (Å²) >= 11 is 0. The number of aliphatic imine (C=N–C) groups is 1. The maximum Gasteiger partial charge on any atom is 0.193 e. The molecule has 0 bridgehead atoms. The van der Waals surface area contributed by atoms with Gasteiger partial charge in [0.15, 0.2) is 5.96 Å². The predicted molar refractivity (Wildman–Crippen MR) is 102 cm³/mol. The minimum atomic E-state index is 0.161. The predicted octanol–water partition coefficient (Wildman–Crippen LogP) is 2.57. The summed E-state index contributed by atoms with van der Waals surface area (Å²) in [4.78, 5) is 9.54. The maximum absolute atomic E-state index is 5.75. The van der Waals surface area contributed by atoms with E-state index in [0.717, 1.165) is 51.0 Å². The summed E-state index contributed by atoms with van der Waals surface area (Å²) in [5.74, 6) is 1.86. The first kappa shape index (κ1) is 19.5. The third-order valence-corrected chi connectivity index (χ3v) is 5.55. The van der Waals surface area contributed by atoms with Crippen LogP contribution in [0.1, 0.15) is 53.4 Å². The lowest BCUT2D eigenvalue weighted by Gasteiger charge is -2.44. The zero-order valence-corrected chi connectivity index (χ0v) is 16.5. The Morgan fingerprint density at radius 3 is 2.50 bits per heavy atom. The molecule has 1 atom stereocenters. The first-order chi connectivity index (χ1) is 11.5. The van der Waals surface area contributed by atoms with E-state index in [0.29, 0.717) is 6.10 Å². The average Bonchev–Trinajstić information content (AvgIpc) is 2.57. The van der Waals surface area contributed by atoms with Gasteiger partial charge in [-0.05, 0) is 58.9 Å². The Morgan fingerprint density at radius 1 is 1.21 bits per heavy atom. The largest absolute Gasteiger partial charge is 0.378 e. The lowest BCUT2D eigenvalue weighted by atomic mass is 9.93. The van der Waals surface area contributed by atoms with Gasteiger partial charge < -0.3 is 15.0 Å². The Labute approximate surface area is 148 Å². The quantitative estimate of drug-likeness (QED) is 0.618. The second kappa shape index (κ2) is 9.04. The molecule has 5 heteroatoms. The van der Waals surface area contributed by atoms with Crippen LogP contribution < -0.4 is 5.32 Å². The third kappa shape index (κ3) is 5.35. The molecule has 140 valence electrons. The Kier molecular flexibility index (Phi) is 7.35. The number of hydrogen-bond donors (Lipinski definition) is 1. The molecule has 2 aliphatic rings. The van der Waals surface area contributed by atoms with E-state index in [9.17, 15) is 0 Å². The van der Waals surface area contributed by atoms with E-state index in [1.807, 2.05) is 7.05 Å². The van der Waals surface area contributed by atoms with Crippen molar-refractivity contribution in [1.29, 1.82) is 0 Å². The van der Waals surface area contributed by atoms with Crippen LogP contribution in [-0.4, -0.2) is 73.8 Å². The number of ether oxygens (including phenoxy) is 1. The molecule has 0 radical (unpaired) electrons. The number of likely N-dealkylation sites (tertiary alicyclic amines) is 2. The van der Waals surface area contributed by atoms with Crippen LogP contribution in [-0.2, 0) is 4.74 Å².